The highest BCUT2D eigenvalue weighted by Crippen LogP contribution is 2.35. The number of pyridine rings is 1. The molecule has 2 aliphatic rings. The Hall–Kier alpha value is -3.97. The highest BCUT2D eigenvalue weighted by Gasteiger charge is 2.38. The summed E-state index contributed by atoms with van der Waals surface area (Å²) in [5, 5.41) is 23.4. The summed E-state index contributed by atoms with van der Waals surface area (Å²) in [6.45, 7) is 2.31. The summed E-state index contributed by atoms with van der Waals surface area (Å²) >= 11 is 1.65. The van der Waals surface area contributed by atoms with Gasteiger partial charge in [0.15, 0.2) is 0 Å². The van der Waals surface area contributed by atoms with Gasteiger partial charge in [0.1, 0.15) is 11.6 Å². The van der Waals surface area contributed by atoms with Crippen molar-refractivity contribution in [1.29, 1.82) is 0 Å². The maximum Gasteiger partial charge on any atom is 0.490 e. The summed E-state index contributed by atoms with van der Waals surface area (Å²) in [5.74, 6) is -2.05. The van der Waals surface area contributed by atoms with Crippen LogP contribution >= 0.6 is 11.3 Å². The van der Waals surface area contributed by atoms with Crippen LogP contribution in [0.25, 0.3) is 5.57 Å². The molecular formula is C32H36F3N3O6S. The van der Waals surface area contributed by atoms with Gasteiger partial charge in [-0.1, -0.05) is 18.2 Å². The number of rotatable bonds is 11. The Morgan fingerprint density at radius 1 is 1.11 bits per heavy atom. The van der Waals surface area contributed by atoms with Crippen LogP contribution in [0.2, 0.25) is 0 Å². The van der Waals surface area contributed by atoms with Crippen molar-refractivity contribution in [3.63, 3.8) is 0 Å². The Kier molecular flexibility index (Phi) is 11.9. The van der Waals surface area contributed by atoms with Crippen molar-refractivity contribution in [3.05, 3.63) is 74.9 Å². The second-order valence-electron chi connectivity index (χ2n) is 10.7. The van der Waals surface area contributed by atoms with Crippen LogP contribution in [0.4, 0.5) is 19.0 Å². The van der Waals surface area contributed by atoms with Crippen LogP contribution in [0.1, 0.15) is 64.7 Å². The van der Waals surface area contributed by atoms with Gasteiger partial charge in [-0.15, -0.1) is 11.3 Å². The molecule has 9 nitrogen and oxygen atoms in total. The van der Waals surface area contributed by atoms with Crippen LogP contribution in [-0.2, 0) is 40.0 Å². The van der Waals surface area contributed by atoms with Gasteiger partial charge < -0.3 is 25.0 Å². The third-order valence-corrected chi connectivity index (χ3v) is 8.45. The molecular weight excluding hydrogens is 611 g/mol. The first-order valence-electron chi connectivity index (χ1n) is 14.7. The second kappa shape index (κ2) is 15.8. The zero-order valence-electron chi connectivity index (χ0n) is 24.9. The van der Waals surface area contributed by atoms with Gasteiger partial charge in [-0.2, -0.15) is 13.2 Å². The molecule has 0 bridgehead atoms. The second-order valence-corrected chi connectivity index (χ2v) is 11.7. The summed E-state index contributed by atoms with van der Waals surface area (Å²) in [7, 11) is 1.64. The lowest BCUT2D eigenvalue weighted by Gasteiger charge is -2.21. The van der Waals surface area contributed by atoms with Gasteiger partial charge in [0.25, 0.3) is 0 Å². The Morgan fingerprint density at radius 2 is 1.91 bits per heavy atom. The van der Waals surface area contributed by atoms with E-state index in [1.807, 2.05) is 12.1 Å². The van der Waals surface area contributed by atoms with Crippen molar-refractivity contribution in [2.75, 3.05) is 32.2 Å². The molecule has 3 N–H and O–H groups in total. The first-order valence-corrected chi connectivity index (χ1v) is 15.5. The van der Waals surface area contributed by atoms with Crippen molar-refractivity contribution in [2.24, 2.45) is 0 Å². The number of aryl methyl sites for hydroxylation is 3. The number of fused-ring (bicyclic) bond motifs is 1. The molecule has 0 saturated carbocycles. The number of carboxylic acid groups (broad SMARTS) is 2. The Morgan fingerprint density at radius 3 is 2.60 bits per heavy atom. The normalized spacial score (nSPS) is 15.1. The molecule has 1 aromatic carbocycles. The van der Waals surface area contributed by atoms with Crippen LogP contribution in [0.15, 0.2) is 41.8 Å². The van der Waals surface area contributed by atoms with E-state index in [0.29, 0.717) is 19.6 Å². The van der Waals surface area contributed by atoms with Crippen LogP contribution < -0.4 is 10.1 Å². The number of hydrogen-bond acceptors (Lipinski definition) is 8. The number of alkyl halides is 3. The lowest BCUT2D eigenvalue weighted by Crippen LogP contribution is -2.21. The van der Waals surface area contributed by atoms with Gasteiger partial charge >= 0.3 is 18.1 Å². The van der Waals surface area contributed by atoms with E-state index in [9.17, 15) is 23.1 Å². The van der Waals surface area contributed by atoms with E-state index < -0.39 is 18.1 Å². The maximum atomic E-state index is 11.8. The Bertz CT molecular complexity index is 1510. The number of halogens is 3. The van der Waals surface area contributed by atoms with Crippen molar-refractivity contribution in [3.8, 4) is 5.75 Å². The van der Waals surface area contributed by atoms with Gasteiger partial charge in [-0.05, 0) is 85.4 Å². The molecule has 0 unspecified atom stereocenters. The monoisotopic (exact) mass is 647 g/mol. The number of carboxylic acids is 2. The minimum absolute atomic E-state index is 0.0207. The molecule has 0 saturated heterocycles. The molecule has 2 aromatic heterocycles. The fourth-order valence-corrected chi connectivity index (χ4v) is 6.14. The number of ether oxygens (including phenoxy) is 2. The average molecular weight is 648 g/mol. The lowest BCUT2D eigenvalue weighted by atomic mass is 9.88. The highest BCUT2D eigenvalue weighted by molar-refractivity contribution is 7.09. The first kappa shape index (κ1) is 33.9. The van der Waals surface area contributed by atoms with Gasteiger partial charge in [-0.25, -0.2) is 14.8 Å². The highest BCUT2D eigenvalue weighted by atomic mass is 32.1. The van der Waals surface area contributed by atoms with Crippen LogP contribution in [0.3, 0.4) is 0 Å². The van der Waals surface area contributed by atoms with E-state index in [-0.39, 0.29) is 12.3 Å². The quantitative estimate of drug-likeness (QED) is 0.219. The topological polar surface area (TPSA) is 131 Å². The van der Waals surface area contributed by atoms with E-state index in [4.69, 9.17) is 29.3 Å². The molecule has 0 aliphatic carbocycles. The number of anilines is 1. The van der Waals surface area contributed by atoms with E-state index in [2.05, 4.69) is 35.0 Å². The average Bonchev–Trinajstić information content (AvgIpc) is 3.47. The van der Waals surface area contributed by atoms with Crippen molar-refractivity contribution in [2.45, 2.75) is 63.5 Å². The Balaban J connectivity index is 0.000000591. The molecule has 1 atom stereocenters. The number of nitrogens with one attached hydrogen (secondary N) is 1. The summed E-state index contributed by atoms with van der Waals surface area (Å²) in [5.41, 5.74) is 6.61. The molecule has 2 aliphatic heterocycles. The molecule has 242 valence electrons. The fourth-order valence-electron chi connectivity index (χ4n) is 5.28. The molecule has 3 aromatic rings. The molecule has 13 heteroatoms. The number of thiazole rings is 1. The Labute approximate surface area is 263 Å². The maximum absolute atomic E-state index is 11.8. The summed E-state index contributed by atoms with van der Waals surface area (Å²) in [6.07, 6.45) is 3.49. The molecule has 45 heavy (non-hydrogen) atoms. The zero-order valence-corrected chi connectivity index (χ0v) is 25.7. The summed E-state index contributed by atoms with van der Waals surface area (Å²) in [4.78, 5) is 30.4. The van der Waals surface area contributed by atoms with E-state index >= 15 is 0 Å². The number of nitrogens with zero attached hydrogens (tertiary/aromatic N) is 2. The van der Waals surface area contributed by atoms with Gasteiger partial charge in [0.05, 0.1) is 37.4 Å². The predicted molar refractivity (Wildman–Crippen MR) is 164 cm³/mol. The number of carbonyl (C=O) groups is 2. The van der Waals surface area contributed by atoms with Gasteiger partial charge in [0, 0.05) is 23.5 Å². The SMILES string of the molecule is COc1ccc(C2=CCOCC2)cc1[C@@H](CC(=O)O)Cc1csc(CCCc2ccc3c(n2)NCCC3)n1.O=C(O)C(F)(F)F. The van der Waals surface area contributed by atoms with Crippen molar-refractivity contribution >= 4 is 34.7 Å². The smallest absolute Gasteiger partial charge is 0.490 e. The van der Waals surface area contributed by atoms with E-state index in [1.165, 1.54) is 17.6 Å². The van der Waals surface area contributed by atoms with Crippen molar-refractivity contribution < 1.29 is 42.4 Å². The number of aliphatic carboxylic acids is 2. The van der Waals surface area contributed by atoms with Crippen LogP contribution in [0, 0.1) is 0 Å². The largest absolute Gasteiger partial charge is 0.496 e. The van der Waals surface area contributed by atoms with Crippen LogP contribution in [-0.4, -0.2) is 65.2 Å². The van der Waals surface area contributed by atoms with Crippen molar-refractivity contribution in [1.82, 2.24) is 9.97 Å². The number of benzene rings is 1. The molecule has 5 rings (SSSR count). The first-order chi connectivity index (χ1) is 21.5. The molecule has 0 spiro atoms. The molecule has 4 heterocycles. The van der Waals surface area contributed by atoms with E-state index in [1.54, 1.807) is 18.4 Å². The minimum atomic E-state index is -5.08. The van der Waals surface area contributed by atoms with Crippen LogP contribution in [0.5, 0.6) is 5.75 Å². The summed E-state index contributed by atoms with van der Waals surface area (Å²) < 4.78 is 42.9. The van der Waals surface area contributed by atoms with E-state index in [0.717, 1.165) is 77.7 Å². The third-order valence-electron chi connectivity index (χ3n) is 7.50. The predicted octanol–water partition coefficient (Wildman–Crippen LogP) is 6.32. The number of hydrogen-bond donors (Lipinski definition) is 3. The lowest BCUT2D eigenvalue weighted by molar-refractivity contribution is -0.192. The molecule has 0 fully saturated rings. The fraction of sp³-hybridized carbons (Fsp3) is 0.438. The minimum Gasteiger partial charge on any atom is -0.496 e. The third kappa shape index (κ3) is 10.0. The van der Waals surface area contributed by atoms with Gasteiger partial charge in [0.2, 0.25) is 0 Å². The zero-order chi connectivity index (χ0) is 32.4. The molecule has 0 radical (unpaired) electrons. The number of aromatic nitrogens is 2. The van der Waals surface area contributed by atoms with Gasteiger partial charge in [-0.3, -0.25) is 4.79 Å². The standard InChI is InChI=1S/C30H35N3O4S.C2HF3O2/c1-36-27-10-8-22(20-11-14-37-15-12-20)17-26(27)23(18-29(34)35)16-25-19-38-28(32-25)6-2-5-24-9-7-21-4-3-13-31-30(21)33-24;3-2(4,5)1(6)7/h7-11,17,19,23H,2-6,12-16,18H2,1H3,(H,31,33)(H,34,35);(H,6,7)/t23-;/m1./s1. The summed E-state index contributed by atoms with van der Waals surface area (Å²) in [6, 6.07) is 10.4. The number of methoxy groups -OCH3 is 1. The molecule has 0 amide bonds.